The molecular formula is C13H17N3OS. The second-order valence-corrected chi connectivity index (χ2v) is 5.06. The largest absolute Gasteiger partial charge is 0.493 e. The SMILES string of the molecule is CN(C)c1cccc(OCCc2csc(N)n2)c1. The van der Waals surface area contributed by atoms with Crippen LogP contribution in [0.2, 0.25) is 0 Å². The van der Waals surface area contributed by atoms with Gasteiger partial charge >= 0.3 is 0 Å². The van der Waals surface area contributed by atoms with E-state index in [0.717, 1.165) is 23.6 Å². The number of aromatic nitrogens is 1. The lowest BCUT2D eigenvalue weighted by atomic mass is 10.3. The van der Waals surface area contributed by atoms with E-state index in [2.05, 4.69) is 4.98 Å². The minimum atomic E-state index is 0.611. The number of nitrogen functional groups attached to an aromatic ring is 1. The summed E-state index contributed by atoms with van der Waals surface area (Å²) in [6.07, 6.45) is 0.778. The van der Waals surface area contributed by atoms with E-state index >= 15 is 0 Å². The second-order valence-electron chi connectivity index (χ2n) is 4.17. The highest BCUT2D eigenvalue weighted by Gasteiger charge is 2.01. The lowest BCUT2D eigenvalue weighted by Crippen LogP contribution is -2.09. The van der Waals surface area contributed by atoms with Gasteiger partial charge in [0.25, 0.3) is 0 Å². The van der Waals surface area contributed by atoms with Crippen LogP contribution in [0.15, 0.2) is 29.6 Å². The summed E-state index contributed by atoms with van der Waals surface area (Å²) < 4.78 is 5.71. The lowest BCUT2D eigenvalue weighted by molar-refractivity contribution is 0.321. The maximum absolute atomic E-state index is 5.71. The highest BCUT2D eigenvalue weighted by molar-refractivity contribution is 7.13. The Balaban J connectivity index is 1.88. The van der Waals surface area contributed by atoms with Gasteiger partial charge in [-0.05, 0) is 12.1 Å². The number of nitrogens with two attached hydrogens (primary N) is 1. The molecule has 0 unspecified atom stereocenters. The zero-order valence-electron chi connectivity index (χ0n) is 10.6. The van der Waals surface area contributed by atoms with Crippen LogP contribution in [-0.2, 0) is 6.42 Å². The Morgan fingerprint density at radius 2 is 2.22 bits per heavy atom. The Labute approximate surface area is 111 Å². The van der Waals surface area contributed by atoms with Crippen molar-refractivity contribution < 1.29 is 4.74 Å². The number of hydrogen-bond donors (Lipinski definition) is 1. The van der Waals surface area contributed by atoms with Gasteiger partial charge in [0, 0.05) is 37.6 Å². The predicted molar refractivity (Wildman–Crippen MR) is 76.5 cm³/mol. The molecule has 0 bridgehead atoms. The van der Waals surface area contributed by atoms with Gasteiger partial charge in [0.15, 0.2) is 5.13 Å². The van der Waals surface area contributed by atoms with E-state index in [1.54, 1.807) is 0 Å². The van der Waals surface area contributed by atoms with Crippen LogP contribution >= 0.6 is 11.3 Å². The van der Waals surface area contributed by atoms with Crippen LogP contribution < -0.4 is 15.4 Å². The van der Waals surface area contributed by atoms with Crippen molar-refractivity contribution in [2.75, 3.05) is 31.3 Å². The monoisotopic (exact) mass is 263 g/mol. The molecule has 1 aromatic heterocycles. The number of thiazole rings is 1. The highest BCUT2D eigenvalue weighted by atomic mass is 32.1. The first-order chi connectivity index (χ1) is 8.65. The number of benzene rings is 1. The summed E-state index contributed by atoms with van der Waals surface area (Å²) in [5.41, 5.74) is 7.69. The lowest BCUT2D eigenvalue weighted by Gasteiger charge is -2.13. The molecule has 4 nitrogen and oxygen atoms in total. The molecular weight excluding hydrogens is 246 g/mol. The van der Waals surface area contributed by atoms with Crippen molar-refractivity contribution >= 4 is 22.2 Å². The maximum Gasteiger partial charge on any atom is 0.180 e. The molecule has 2 aromatic rings. The fourth-order valence-corrected chi connectivity index (χ4v) is 2.16. The van der Waals surface area contributed by atoms with Gasteiger partial charge in [-0.3, -0.25) is 0 Å². The Bertz CT molecular complexity index is 510. The molecule has 0 fully saturated rings. The van der Waals surface area contributed by atoms with E-state index in [0.29, 0.717) is 11.7 Å². The second kappa shape index (κ2) is 5.73. The topological polar surface area (TPSA) is 51.4 Å². The first kappa shape index (κ1) is 12.7. The summed E-state index contributed by atoms with van der Waals surface area (Å²) in [5.74, 6) is 0.879. The molecule has 1 heterocycles. The standard InChI is InChI=1S/C13H17N3OS/c1-16(2)11-4-3-5-12(8-11)17-7-6-10-9-18-13(14)15-10/h3-5,8-9H,6-7H2,1-2H3,(H2,14,15). The summed E-state index contributed by atoms with van der Waals surface area (Å²) in [5, 5.41) is 2.58. The van der Waals surface area contributed by atoms with Gasteiger partial charge in [-0.25, -0.2) is 4.98 Å². The minimum absolute atomic E-state index is 0.611. The predicted octanol–water partition coefficient (Wildman–Crippen LogP) is 2.41. The third-order valence-electron chi connectivity index (χ3n) is 2.53. The normalized spacial score (nSPS) is 10.3. The van der Waals surface area contributed by atoms with Crippen LogP contribution in [0.25, 0.3) is 0 Å². The van der Waals surface area contributed by atoms with Crippen molar-refractivity contribution in [3.63, 3.8) is 0 Å². The number of ether oxygens (including phenoxy) is 1. The number of hydrogen-bond acceptors (Lipinski definition) is 5. The molecule has 0 radical (unpaired) electrons. The van der Waals surface area contributed by atoms with Gasteiger partial charge in [-0.15, -0.1) is 11.3 Å². The van der Waals surface area contributed by atoms with Crippen molar-refractivity contribution in [1.82, 2.24) is 4.98 Å². The Kier molecular flexibility index (Phi) is 4.04. The first-order valence-corrected chi connectivity index (χ1v) is 6.63. The van der Waals surface area contributed by atoms with E-state index in [1.165, 1.54) is 11.3 Å². The Morgan fingerprint density at radius 3 is 2.89 bits per heavy atom. The van der Waals surface area contributed by atoms with Crippen molar-refractivity contribution in [1.29, 1.82) is 0 Å². The Morgan fingerprint density at radius 1 is 1.39 bits per heavy atom. The summed E-state index contributed by atoms with van der Waals surface area (Å²) in [6, 6.07) is 8.03. The molecule has 1 aromatic carbocycles. The quantitative estimate of drug-likeness (QED) is 0.900. The van der Waals surface area contributed by atoms with Gasteiger partial charge in [-0.2, -0.15) is 0 Å². The van der Waals surface area contributed by atoms with Crippen molar-refractivity contribution in [3.8, 4) is 5.75 Å². The molecule has 2 N–H and O–H groups in total. The zero-order chi connectivity index (χ0) is 13.0. The van der Waals surface area contributed by atoms with Crippen LogP contribution in [0.4, 0.5) is 10.8 Å². The summed E-state index contributed by atoms with van der Waals surface area (Å²) in [7, 11) is 4.02. The third kappa shape index (κ3) is 3.37. The fraction of sp³-hybridized carbons (Fsp3) is 0.308. The summed E-state index contributed by atoms with van der Waals surface area (Å²) in [6.45, 7) is 0.611. The summed E-state index contributed by atoms with van der Waals surface area (Å²) in [4.78, 5) is 6.25. The van der Waals surface area contributed by atoms with Crippen LogP contribution in [0, 0.1) is 0 Å². The third-order valence-corrected chi connectivity index (χ3v) is 3.25. The van der Waals surface area contributed by atoms with Gasteiger partial charge in [-0.1, -0.05) is 6.07 Å². The maximum atomic E-state index is 5.71. The molecule has 0 spiro atoms. The molecule has 0 aliphatic heterocycles. The van der Waals surface area contributed by atoms with E-state index in [1.807, 2.05) is 48.6 Å². The van der Waals surface area contributed by atoms with Crippen LogP contribution in [0.1, 0.15) is 5.69 Å². The average molecular weight is 263 g/mol. The van der Waals surface area contributed by atoms with Gasteiger partial charge in [0.05, 0.1) is 12.3 Å². The molecule has 5 heteroatoms. The number of anilines is 2. The van der Waals surface area contributed by atoms with Gasteiger partial charge in [0.1, 0.15) is 5.75 Å². The highest BCUT2D eigenvalue weighted by Crippen LogP contribution is 2.19. The molecule has 18 heavy (non-hydrogen) atoms. The van der Waals surface area contributed by atoms with Crippen molar-refractivity contribution in [2.45, 2.75) is 6.42 Å². The van der Waals surface area contributed by atoms with E-state index in [-0.39, 0.29) is 0 Å². The molecule has 0 saturated heterocycles. The van der Waals surface area contributed by atoms with Gasteiger partial charge < -0.3 is 15.4 Å². The van der Waals surface area contributed by atoms with E-state index < -0.39 is 0 Å². The number of rotatable bonds is 5. The molecule has 0 aliphatic rings. The van der Waals surface area contributed by atoms with E-state index in [9.17, 15) is 0 Å². The molecule has 0 aliphatic carbocycles. The average Bonchev–Trinajstić information content (AvgIpc) is 2.75. The number of nitrogens with zero attached hydrogens (tertiary/aromatic N) is 2. The van der Waals surface area contributed by atoms with Crippen LogP contribution in [-0.4, -0.2) is 25.7 Å². The Hall–Kier alpha value is -1.75. The fourth-order valence-electron chi connectivity index (χ4n) is 1.56. The smallest absolute Gasteiger partial charge is 0.180 e. The van der Waals surface area contributed by atoms with Crippen molar-refractivity contribution in [2.24, 2.45) is 0 Å². The zero-order valence-corrected chi connectivity index (χ0v) is 11.4. The van der Waals surface area contributed by atoms with Crippen LogP contribution in [0.5, 0.6) is 5.75 Å². The molecule has 96 valence electrons. The van der Waals surface area contributed by atoms with E-state index in [4.69, 9.17) is 10.5 Å². The van der Waals surface area contributed by atoms with Crippen molar-refractivity contribution in [3.05, 3.63) is 35.3 Å². The van der Waals surface area contributed by atoms with Crippen LogP contribution in [0.3, 0.4) is 0 Å². The molecule has 0 amide bonds. The van der Waals surface area contributed by atoms with Gasteiger partial charge in [0.2, 0.25) is 0 Å². The first-order valence-electron chi connectivity index (χ1n) is 5.75. The summed E-state index contributed by atoms with van der Waals surface area (Å²) >= 11 is 1.46. The molecule has 0 atom stereocenters. The molecule has 2 rings (SSSR count). The minimum Gasteiger partial charge on any atom is -0.493 e. The molecule has 0 saturated carbocycles.